The van der Waals surface area contributed by atoms with Crippen molar-refractivity contribution in [1.82, 2.24) is 9.97 Å². The minimum Gasteiger partial charge on any atom is -0.382 e. The predicted octanol–water partition coefficient (Wildman–Crippen LogP) is 3.11. The maximum absolute atomic E-state index is 5.99. The largest absolute Gasteiger partial charge is 0.382 e. The number of halogens is 2. The molecule has 0 saturated heterocycles. The monoisotopic (exact) mass is 254 g/mol. The third-order valence-electron chi connectivity index (χ3n) is 1.94. The van der Waals surface area contributed by atoms with Crippen LogP contribution in [0, 0.1) is 0 Å². The SMILES string of the molecule is Nc1ncnc(Nc2ccccc2Cl)c1Cl. The fourth-order valence-electron chi connectivity index (χ4n) is 1.16. The number of nitrogens with two attached hydrogens (primary N) is 1. The van der Waals surface area contributed by atoms with E-state index in [4.69, 9.17) is 28.9 Å². The normalized spacial score (nSPS) is 10.1. The lowest BCUT2D eigenvalue weighted by atomic mass is 10.3. The van der Waals surface area contributed by atoms with E-state index < -0.39 is 0 Å². The Kier molecular flexibility index (Phi) is 3.12. The molecule has 1 heterocycles. The highest BCUT2D eigenvalue weighted by molar-refractivity contribution is 6.36. The third kappa shape index (κ3) is 2.18. The van der Waals surface area contributed by atoms with Gasteiger partial charge in [0, 0.05) is 0 Å². The molecule has 4 nitrogen and oxygen atoms in total. The second-order valence-electron chi connectivity index (χ2n) is 3.03. The Balaban J connectivity index is 2.35. The molecule has 3 N–H and O–H groups in total. The molecule has 2 rings (SSSR count). The van der Waals surface area contributed by atoms with Crippen LogP contribution in [0.4, 0.5) is 17.3 Å². The fourth-order valence-corrected chi connectivity index (χ4v) is 1.49. The van der Waals surface area contributed by atoms with Gasteiger partial charge in [-0.05, 0) is 12.1 Å². The summed E-state index contributed by atoms with van der Waals surface area (Å²) in [7, 11) is 0. The number of nitrogen functional groups attached to an aromatic ring is 1. The predicted molar refractivity (Wildman–Crippen MR) is 66.2 cm³/mol. The Morgan fingerprint density at radius 2 is 1.88 bits per heavy atom. The zero-order valence-corrected chi connectivity index (χ0v) is 9.63. The molecule has 0 bridgehead atoms. The van der Waals surface area contributed by atoms with Crippen molar-refractivity contribution in [1.29, 1.82) is 0 Å². The van der Waals surface area contributed by atoms with Crippen LogP contribution in [0.15, 0.2) is 30.6 Å². The van der Waals surface area contributed by atoms with Crippen molar-refractivity contribution in [3.05, 3.63) is 40.6 Å². The average Bonchev–Trinajstić information content (AvgIpc) is 2.28. The number of para-hydroxylation sites is 1. The summed E-state index contributed by atoms with van der Waals surface area (Å²) in [5.41, 5.74) is 6.27. The summed E-state index contributed by atoms with van der Waals surface area (Å²) in [6.07, 6.45) is 1.33. The van der Waals surface area contributed by atoms with Gasteiger partial charge in [0.15, 0.2) is 5.82 Å². The molecule has 6 heteroatoms. The second-order valence-corrected chi connectivity index (χ2v) is 3.81. The molecule has 82 valence electrons. The van der Waals surface area contributed by atoms with Crippen LogP contribution in [-0.2, 0) is 0 Å². The van der Waals surface area contributed by atoms with E-state index >= 15 is 0 Å². The van der Waals surface area contributed by atoms with Crippen LogP contribution in [0.25, 0.3) is 0 Å². The van der Waals surface area contributed by atoms with Crippen molar-refractivity contribution in [2.24, 2.45) is 0 Å². The number of nitrogens with one attached hydrogen (secondary N) is 1. The lowest BCUT2D eigenvalue weighted by Crippen LogP contribution is -1.99. The molecule has 0 amide bonds. The number of hydrogen-bond acceptors (Lipinski definition) is 4. The highest BCUT2D eigenvalue weighted by Gasteiger charge is 2.07. The van der Waals surface area contributed by atoms with Gasteiger partial charge in [0.1, 0.15) is 17.2 Å². The highest BCUT2D eigenvalue weighted by atomic mass is 35.5. The van der Waals surface area contributed by atoms with Crippen LogP contribution in [-0.4, -0.2) is 9.97 Å². The minimum atomic E-state index is 0.228. The summed E-state index contributed by atoms with van der Waals surface area (Å²) in [5, 5.41) is 3.85. The van der Waals surface area contributed by atoms with E-state index in [0.29, 0.717) is 16.5 Å². The van der Waals surface area contributed by atoms with Crippen molar-refractivity contribution < 1.29 is 0 Å². The van der Waals surface area contributed by atoms with Crippen LogP contribution < -0.4 is 11.1 Å². The highest BCUT2D eigenvalue weighted by Crippen LogP contribution is 2.29. The Morgan fingerprint density at radius 1 is 1.12 bits per heavy atom. The molecule has 1 aromatic heterocycles. The molecule has 0 fully saturated rings. The van der Waals surface area contributed by atoms with Gasteiger partial charge in [-0.1, -0.05) is 35.3 Å². The van der Waals surface area contributed by atoms with Gasteiger partial charge in [-0.25, -0.2) is 9.97 Å². The van der Waals surface area contributed by atoms with Gasteiger partial charge in [-0.2, -0.15) is 0 Å². The summed E-state index contributed by atoms with van der Waals surface area (Å²) in [4.78, 5) is 7.75. The molecule has 2 aromatic rings. The van der Waals surface area contributed by atoms with E-state index in [1.54, 1.807) is 6.07 Å². The first kappa shape index (κ1) is 11.0. The number of nitrogens with zero attached hydrogens (tertiary/aromatic N) is 2. The first-order valence-electron chi connectivity index (χ1n) is 4.46. The lowest BCUT2D eigenvalue weighted by molar-refractivity contribution is 1.18. The second kappa shape index (κ2) is 4.55. The quantitative estimate of drug-likeness (QED) is 0.865. The maximum atomic E-state index is 5.99. The van der Waals surface area contributed by atoms with E-state index in [9.17, 15) is 0 Å². The smallest absolute Gasteiger partial charge is 0.154 e. The molecule has 0 unspecified atom stereocenters. The molecule has 16 heavy (non-hydrogen) atoms. The van der Waals surface area contributed by atoms with Crippen LogP contribution in [0.1, 0.15) is 0 Å². The molecule has 0 aliphatic carbocycles. The van der Waals surface area contributed by atoms with Crippen LogP contribution in [0.2, 0.25) is 10.0 Å². The Bertz CT molecular complexity index is 516. The summed E-state index contributed by atoms with van der Waals surface area (Å²) in [6, 6.07) is 7.27. The van der Waals surface area contributed by atoms with Crippen molar-refractivity contribution in [2.75, 3.05) is 11.1 Å². The van der Waals surface area contributed by atoms with Crippen LogP contribution >= 0.6 is 23.2 Å². The number of anilines is 3. The van der Waals surface area contributed by atoms with Crippen molar-refractivity contribution >= 4 is 40.5 Å². The molecule has 0 saturated carbocycles. The molecule has 0 aliphatic rings. The van der Waals surface area contributed by atoms with Gasteiger partial charge < -0.3 is 11.1 Å². The average molecular weight is 255 g/mol. The number of benzene rings is 1. The van der Waals surface area contributed by atoms with Gasteiger partial charge in [0.05, 0.1) is 10.7 Å². The number of rotatable bonds is 2. The van der Waals surface area contributed by atoms with Crippen molar-refractivity contribution in [2.45, 2.75) is 0 Å². The third-order valence-corrected chi connectivity index (χ3v) is 2.65. The topological polar surface area (TPSA) is 63.8 Å². The van der Waals surface area contributed by atoms with Gasteiger partial charge in [-0.3, -0.25) is 0 Å². The standard InChI is InChI=1S/C10H8Cl2N4/c11-6-3-1-2-4-7(6)16-10-8(12)9(13)14-5-15-10/h1-5H,(H3,13,14,15,16). The lowest BCUT2D eigenvalue weighted by Gasteiger charge is -2.09. The van der Waals surface area contributed by atoms with Gasteiger partial charge in [0.2, 0.25) is 0 Å². The van der Waals surface area contributed by atoms with Crippen molar-refractivity contribution in [3.8, 4) is 0 Å². The van der Waals surface area contributed by atoms with Crippen LogP contribution in [0.3, 0.4) is 0 Å². The van der Waals surface area contributed by atoms with E-state index in [1.165, 1.54) is 6.33 Å². The first-order valence-corrected chi connectivity index (χ1v) is 5.21. The Hall–Kier alpha value is -1.52. The minimum absolute atomic E-state index is 0.228. The van der Waals surface area contributed by atoms with Crippen LogP contribution in [0.5, 0.6) is 0 Å². The molecule has 0 spiro atoms. The Labute approximate surface area is 102 Å². The summed E-state index contributed by atoms with van der Waals surface area (Å²) >= 11 is 11.9. The maximum Gasteiger partial charge on any atom is 0.154 e. The first-order chi connectivity index (χ1) is 7.68. The summed E-state index contributed by atoms with van der Waals surface area (Å²) < 4.78 is 0. The van der Waals surface area contributed by atoms with Gasteiger partial charge >= 0.3 is 0 Å². The molecule has 0 aliphatic heterocycles. The number of aromatic nitrogens is 2. The van der Waals surface area contributed by atoms with E-state index in [1.807, 2.05) is 18.2 Å². The molecular weight excluding hydrogens is 247 g/mol. The molecule has 0 radical (unpaired) electrons. The zero-order valence-electron chi connectivity index (χ0n) is 8.11. The molecular formula is C10H8Cl2N4. The number of hydrogen-bond donors (Lipinski definition) is 2. The fraction of sp³-hybridized carbons (Fsp3) is 0. The van der Waals surface area contributed by atoms with Gasteiger partial charge in [0.25, 0.3) is 0 Å². The zero-order chi connectivity index (χ0) is 11.5. The summed E-state index contributed by atoms with van der Waals surface area (Å²) in [6.45, 7) is 0. The van der Waals surface area contributed by atoms with E-state index in [2.05, 4.69) is 15.3 Å². The molecule has 0 atom stereocenters. The van der Waals surface area contributed by atoms with E-state index in [-0.39, 0.29) is 10.8 Å². The van der Waals surface area contributed by atoms with Crippen molar-refractivity contribution in [3.63, 3.8) is 0 Å². The molecule has 1 aromatic carbocycles. The van der Waals surface area contributed by atoms with Gasteiger partial charge in [-0.15, -0.1) is 0 Å². The Morgan fingerprint density at radius 3 is 2.62 bits per heavy atom. The van der Waals surface area contributed by atoms with E-state index in [0.717, 1.165) is 0 Å². The summed E-state index contributed by atoms with van der Waals surface area (Å²) in [5.74, 6) is 0.661.